The first-order valence-corrected chi connectivity index (χ1v) is 9.50. The van der Waals surface area contributed by atoms with E-state index in [1.165, 1.54) is 0 Å². The van der Waals surface area contributed by atoms with Crippen molar-refractivity contribution in [1.29, 1.82) is 0 Å². The summed E-state index contributed by atoms with van der Waals surface area (Å²) >= 11 is 0. The molecule has 0 N–H and O–H groups in total. The minimum Gasteiger partial charge on any atom is -0.497 e. The first-order valence-electron chi connectivity index (χ1n) is 9.50. The lowest BCUT2D eigenvalue weighted by Gasteiger charge is -2.06. The van der Waals surface area contributed by atoms with Gasteiger partial charge in [0.1, 0.15) is 17.2 Å². The molecule has 0 amide bonds. The molecule has 1 heterocycles. The number of hydrogen-bond donors (Lipinski definition) is 0. The van der Waals surface area contributed by atoms with E-state index in [0.29, 0.717) is 17.1 Å². The van der Waals surface area contributed by atoms with Crippen LogP contribution in [0.1, 0.15) is 27.0 Å². The third kappa shape index (κ3) is 4.25. The Morgan fingerprint density at radius 3 is 2.37 bits per heavy atom. The van der Waals surface area contributed by atoms with Crippen molar-refractivity contribution in [2.75, 3.05) is 7.11 Å². The van der Waals surface area contributed by atoms with Crippen LogP contribution in [0.25, 0.3) is 6.08 Å². The molecule has 0 fully saturated rings. The molecule has 0 atom stereocenters. The molecule has 150 valence electrons. The Hall–Kier alpha value is -3.86. The van der Waals surface area contributed by atoms with Gasteiger partial charge in [-0.25, -0.2) is 0 Å². The number of hydrogen-bond acceptors (Lipinski definition) is 5. The highest BCUT2D eigenvalue weighted by Crippen LogP contribution is 2.35. The predicted octanol–water partition coefficient (Wildman–Crippen LogP) is 4.77. The molecule has 3 aromatic rings. The van der Waals surface area contributed by atoms with Crippen molar-refractivity contribution in [3.05, 3.63) is 94.7 Å². The molecule has 0 spiro atoms. The zero-order chi connectivity index (χ0) is 21.1. The van der Waals surface area contributed by atoms with Crippen molar-refractivity contribution in [3.8, 4) is 17.2 Å². The topological polar surface area (TPSA) is 61.8 Å². The van der Waals surface area contributed by atoms with E-state index in [0.717, 1.165) is 22.4 Å². The van der Waals surface area contributed by atoms with E-state index in [-0.39, 0.29) is 18.0 Å². The molecule has 5 nitrogen and oxygen atoms in total. The monoisotopic (exact) mass is 400 g/mol. The molecule has 0 bridgehead atoms. The minimum absolute atomic E-state index is 0.124. The van der Waals surface area contributed by atoms with E-state index in [1.54, 1.807) is 43.5 Å². The predicted molar refractivity (Wildman–Crippen MR) is 113 cm³/mol. The molecular weight excluding hydrogens is 380 g/mol. The van der Waals surface area contributed by atoms with Crippen LogP contribution in [-0.4, -0.2) is 18.9 Å². The number of methoxy groups -OCH3 is 1. The number of ether oxygens (including phenoxy) is 3. The van der Waals surface area contributed by atoms with Gasteiger partial charge >= 0.3 is 5.97 Å². The fourth-order valence-electron chi connectivity index (χ4n) is 3.12. The van der Waals surface area contributed by atoms with Crippen LogP contribution in [0.15, 0.2) is 72.5 Å². The molecule has 1 aliphatic heterocycles. The van der Waals surface area contributed by atoms with Gasteiger partial charge in [-0.3, -0.25) is 9.59 Å². The Balaban J connectivity index is 1.45. The molecule has 4 rings (SSSR count). The first-order chi connectivity index (χ1) is 14.5. The Bertz CT molecular complexity index is 1130. The number of esters is 1. The van der Waals surface area contributed by atoms with E-state index < -0.39 is 5.97 Å². The van der Waals surface area contributed by atoms with Gasteiger partial charge in [-0.15, -0.1) is 0 Å². The lowest BCUT2D eigenvalue weighted by molar-refractivity contribution is -0.133. The van der Waals surface area contributed by atoms with Crippen LogP contribution in [-0.2, 0) is 11.2 Å². The maximum absolute atomic E-state index is 12.6. The zero-order valence-corrected chi connectivity index (χ0v) is 16.7. The summed E-state index contributed by atoms with van der Waals surface area (Å²) in [6, 6.07) is 19.8. The van der Waals surface area contributed by atoms with Gasteiger partial charge in [0.25, 0.3) is 0 Å². The lowest BCUT2D eigenvalue weighted by Crippen LogP contribution is -2.11. The van der Waals surface area contributed by atoms with E-state index in [9.17, 15) is 9.59 Å². The second-order valence-corrected chi connectivity index (χ2v) is 7.01. The quantitative estimate of drug-likeness (QED) is 0.351. The van der Waals surface area contributed by atoms with Crippen molar-refractivity contribution in [1.82, 2.24) is 0 Å². The highest BCUT2D eigenvalue weighted by atomic mass is 16.5. The van der Waals surface area contributed by atoms with Crippen molar-refractivity contribution in [2.45, 2.75) is 13.3 Å². The molecular formula is C25H20O5. The fraction of sp³-hybridized carbons (Fsp3) is 0.120. The van der Waals surface area contributed by atoms with Crippen LogP contribution in [0.2, 0.25) is 0 Å². The molecule has 3 aromatic carbocycles. The summed E-state index contributed by atoms with van der Waals surface area (Å²) in [7, 11) is 1.59. The maximum Gasteiger partial charge on any atom is 0.315 e. The summed E-state index contributed by atoms with van der Waals surface area (Å²) < 4.78 is 16.3. The fourth-order valence-corrected chi connectivity index (χ4v) is 3.12. The number of rotatable bonds is 5. The summed E-state index contributed by atoms with van der Waals surface area (Å²) in [6.45, 7) is 2.00. The zero-order valence-electron chi connectivity index (χ0n) is 16.7. The molecule has 0 aliphatic carbocycles. The van der Waals surface area contributed by atoms with Crippen molar-refractivity contribution < 1.29 is 23.8 Å². The van der Waals surface area contributed by atoms with Crippen LogP contribution in [0, 0.1) is 6.92 Å². The highest BCUT2D eigenvalue weighted by molar-refractivity contribution is 6.14. The smallest absolute Gasteiger partial charge is 0.315 e. The standard InChI is InChI=1S/C25H20O5/c1-16-3-5-17(6-4-16)13-23-25(27)21-12-11-20(15-22(21)30-23)29-24(26)14-18-7-9-19(28-2)10-8-18/h3-13,15H,14H2,1-2H3/b23-13-. The van der Waals surface area contributed by atoms with Crippen LogP contribution >= 0.6 is 0 Å². The van der Waals surface area contributed by atoms with Crippen LogP contribution < -0.4 is 14.2 Å². The average molecular weight is 400 g/mol. The Labute approximate surface area is 174 Å². The van der Waals surface area contributed by atoms with Crippen molar-refractivity contribution in [2.24, 2.45) is 0 Å². The number of benzene rings is 3. The van der Waals surface area contributed by atoms with Gasteiger partial charge < -0.3 is 14.2 Å². The minimum atomic E-state index is -0.403. The second kappa shape index (κ2) is 8.25. The summed E-state index contributed by atoms with van der Waals surface area (Å²) in [5, 5.41) is 0. The third-order valence-electron chi connectivity index (χ3n) is 4.76. The summed E-state index contributed by atoms with van der Waals surface area (Å²) in [5.41, 5.74) is 3.28. The molecule has 0 saturated heterocycles. The SMILES string of the molecule is COc1ccc(CC(=O)Oc2ccc3c(c2)O/C(=C\c2ccc(C)cc2)C3=O)cc1. The van der Waals surface area contributed by atoms with Gasteiger partial charge in [0.05, 0.1) is 19.1 Å². The molecule has 30 heavy (non-hydrogen) atoms. The van der Waals surface area contributed by atoms with Gasteiger partial charge in [0.15, 0.2) is 5.76 Å². The lowest BCUT2D eigenvalue weighted by atomic mass is 10.1. The second-order valence-electron chi connectivity index (χ2n) is 7.01. The maximum atomic E-state index is 12.6. The van der Waals surface area contributed by atoms with E-state index in [1.807, 2.05) is 43.3 Å². The van der Waals surface area contributed by atoms with Gasteiger partial charge in [-0.2, -0.15) is 0 Å². The molecule has 0 saturated carbocycles. The number of carbonyl (C=O) groups is 2. The van der Waals surface area contributed by atoms with E-state index >= 15 is 0 Å². The van der Waals surface area contributed by atoms with Crippen molar-refractivity contribution >= 4 is 17.8 Å². The Kier molecular flexibility index (Phi) is 5.35. The number of Topliss-reactive ketones (excluding diaryl/α,β-unsaturated/α-hetero) is 1. The number of allylic oxidation sites excluding steroid dienone is 1. The Morgan fingerprint density at radius 2 is 1.67 bits per heavy atom. The number of ketones is 1. The summed E-state index contributed by atoms with van der Waals surface area (Å²) in [4.78, 5) is 24.8. The number of fused-ring (bicyclic) bond motifs is 1. The first kappa shape index (κ1) is 19.5. The third-order valence-corrected chi connectivity index (χ3v) is 4.76. The van der Waals surface area contributed by atoms with Crippen LogP contribution in [0.4, 0.5) is 0 Å². The van der Waals surface area contributed by atoms with Crippen LogP contribution in [0.5, 0.6) is 17.2 Å². The van der Waals surface area contributed by atoms with Gasteiger partial charge in [0.2, 0.25) is 5.78 Å². The molecule has 1 aliphatic rings. The average Bonchev–Trinajstić information content (AvgIpc) is 3.05. The molecule has 0 radical (unpaired) electrons. The molecule has 5 heteroatoms. The number of aryl methyl sites for hydroxylation is 1. The summed E-state index contributed by atoms with van der Waals surface area (Å²) in [6.07, 6.45) is 1.83. The largest absolute Gasteiger partial charge is 0.497 e. The molecule has 0 aromatic heterocycles. The van der Waals surface area contributed by atoms with Crippen LogP contribution in [0.3, 0.4) is 0 Å². The Morgan fingerprint density at radius 1 is 0.967 bits per heavy atom. The van der Waals surface area contributed by atoms with Gasteiger partial charge in [-0.05, 0) is 48.4 Å². The van der Waals surface area contributed by atoms with E-state index in [2.05, 4.69) is 0 Å². The summed E-state index contributed by atoms with van der Waals surface area (Å²) in [5.74, 6) is 1.09. The molecule has 0 unspecified atom stereocenters. The van der Waals surface area contributed by atoms with E-state index in [4.69, 9.17) is 14.2 Å². The number of carbonyl (C=O) groups excluding carboxylic acids is 2. The van der Waals surface area contributed by atoms with Gasteiger partial charge in [0, 0.05) is 6.07 Å². The van der Waals surface area contributed by atoms with Gasteiger partial charge in [-0.1, -0.05) is 42.0 Å². The van der Waals surface area contributed by atoms with Crippen molar-refractivity contribution in [3.63, 3.8) is 0 Å². The normalized spacial score (nSPS) is 13.7. The highest BCUT2D eigenvalue weighted by Gasteiger charge is 2.28.